The largest absolute Gasteiger partial charge is 0.497 e. The molecular formula is C21H24N2O3. The lowest BCUT2D eigenvalue weighted by Crippen LogP contribution is -2.28. The van der Waals surface area contributed by atoms with Crippen LogP contribution < -0.4 is 10.1 Å². The first kappa shape index (κ1) is 18.0. The highest BCUT2D eigenvalue weighted by Crippen LogP contribution is 2.24. The van der Waals surface area contributed by atoms with Crippen LogP contribution in [-0.2, 0) is 16.1 Å². The second kappa shape index (κ2) is 7.60. The molecule has 26 heavy (non-hydrogen) atoms. The van der Waals surface area contributed by atoms with E-state index in [2.05, 4.69) is 5.32 Å². The van der Waals surface area contributed by atoms with Gasteiger partial charge < -0.3 is 15.0 Å². The molecule has 2 aromatic rings. The highest BCUT2D eigenvalue weighted by molar-refractivity contribution is 5.97. The van der Waals surface area contributed by atoms with Crippen molar-refractivity contribution in [2.45, 2.75) is 26.8 Å². The lowest BCUT2D eigenvalue weighted by atomic mass is 10.1. The van der Waals surface area contributed by atoms with Gasteiger partial charge >= 0.3 is 0 Å². The van der Waals surface area contributed by atoms with Crippen LogP contribution in [0, 0.1) is 19.8 Å². The van der Waals surface area contributed by atoms with Crippen LogP contribution in [0.1, 0.15) is 23.1 Å². The van der Waals surface area contributed by atoms with Crippen molar-refractivity contribution in [3.63, 3.8) is 0 Å². The Hall–Kier alpha value is -2.82. The number of aryl methyl sites for hydroxylation is 1. The molecule has 1 heterocycles. The zero-order valence-electron chi connectivity index (χ0n) is 15.4. The number of likely N-dealkylation sites (tertiary alicyclic amines) is 1. The average molecular weight is 352 g/mol. The summed E-state index contributed by atoms with van der Waals surface area (Å²) in [6, 6.07) is 13.5. The minimum atomic E-state index is -0.319. The number of nitrogens with zero attached hydrogens (tertiary/aromatic N) is 1. The molecule has 5 nitrogen and oxygen atoms in total. The summed E-state index contributed by atoms with van der Waals surface area (Å²) in [7, 11) is 1.62. The molecule has 1 aliphatic rings. The number of carbonyl (C=O) groups excluding carboxylic acids is 2. The maximum Gasteiger partial charge on any atom is 0.229 e. The van der Waals surface area contributed by atoms with Gasteiger partial charge in [-0.1, -0.05) is 24.3 Å². The normalized spacial score (nSPS) is 16.7. The maximum absolute atomic E-state index is 12.6. The number of amides is 2. The Bertz CT molecular complexity index is 815. The summed E-state index contributed by atoms with van der Waals surface area (Å²) in [4.78, 5) is 26.7. The van der Waals surface area contributed by atoms with Crippen molar-refractivity contribution in [3.8, 4) is 5.75 Å². The van der Waals surface area contributed by atoms with Gasteiger partial charge in [0.05, 0.1) is 13.0 Å². The molecule has 3 rings (SSSR count). The predicted molar refractivity (Wildman–Crippen MR) is 101 cm³/mol. The topological polar surface area (TPSA) is 58.6 Å². The summed E-state index contributed by atoms with van der Waals surface area (Å²) in [6.45, 7) is 4.96. The van der Waals surface area contributed by atoms with Crippen LogP contribution >= 0.6 is 0 Å². The van der Waals surface area contributed by atoms with Crippen LogP contribution in [0.4, 0.5) is 5.69 Å². The molecule has 1 unspecified atom stereocenters. The molecule has 0 aromatic heterocycles. The molecule has 0 radical (unpaired) electrons. The van der Waals surface area contributed by atoms with E-state index in [0.717, 1.165) is 28.1 Å². The van der Waals surface area contributed by atoms with Gasteiger partial charge in [-0.15, -0.1) is 0 Å². The Morgan fingerprint density at radius 3 is 2.62 bits per heavy atom. The second-order valence-electron chi connectivity index (χ2n) is 6.76. The standard InChI is InChI=1S/C21H24N2O3/c1-14-5-4-6-19(15(14)2)22-21(25)17-11-20(24)23(13-17)12-16-7-9-18(26-3)10-8-16/h4-10,17H,11-13H2,1-3H3,(H,22,25). The molecule has 1 aliphatic heterocycles. The fraction of sp³-hybridized carbons (Fsp3) is 0.333. The number of hydrogen-bond acceptors (Lipinski definition) is 3. The van der Waals surface area contributed by atoms with E-state index in [1.165, 1.54) is 0 Å². The SMILES string of the molecule is COc1ccc(CN2CC(C(=O)Nc3cccc(C)c3C)CC2=O)cc1. The first-order valence-electron chi connectivity index (χ1n) is 8.75. The van der Waals surface area contributed by atoms with Crippen LogP contribution in [0.15, 0.2) is 42.5 Å². The number of rotatable bonds is 5. The molecule has 0 spiro atoms. The third-order valence-electron chi connectivity index (χ3n) is 4.98. The number of hydrogen-bond donors (Lipinski definition) is 1. The molecule has 0 aliphatic carbocycles. The first-order chi connectivity index (χ1) is 12.5. The Labute approximate surface area is 154 Å². The van der Waals surface area contributed by atoms with Crippen molar-refractivity contribution in [2.24, 2.45) is 5.92 Å². The van der Waals surface area contributed by atoms with Gasteiger partial charge in [0.2, 0.25) is 11.8 Å². The van der Waals surface area contributed by atoms with Crippen LogP contribution in [0.5, 0.6) is 5.75 Å². The Kier molecular flexibility index (Phi) is 5.26. The minimum absolute atomic E-state index is 0.0157. The summed E-state index contributed by atoms with van der Waals surface area (Å²) >= 11 is 0. The molecule has 1 fully saturated rings. The highest BCUT2D eigenvalue weighted by atomic mass is 16.5. The van der Waals surface area contributed by atoms with Gasteiger partial charge in [-0.3, -0.25) is 9.59 Å². The van der Waals surface area contributed by atoms with E-state index in [0.29, 0.717) is 13.1 Å². The van der Waals surface area contributed by atoms with Crippen molar-refractivity contribution in [1.82, 2.24) is 4.90 Å². The summed E-state index contributed by atoms with van der Waals surface area (Å²) < 4.78 is 5.15. The maximum atomic E-state index is 12.6. The molecule has 2 aromatic carbocycles. The third-order valence-corrected chi connectivity index (χ3v) is 4.98. The zero-order valence-corrected chi connectivity index (χ0v) is 15.4. The monoisotopic (exact) mass is 352 g/mol. The second-order valence-corrected chi connectivity index (χ2v) is 6.76. The van der Waals surface area contributed by atoms with Gasteiger partial charge in [0.1, 0.15) is 5.75 Å². The van der Waals surface area contributed by atoms with Crippen LogP contribution in [0.2, 0.25) is 0 Å². The number of ether oxygens (including phenoxy) is 1. The van der Waals surface area contributed by atoms with Crippen molar-refractivity contribution < 1.29 is 14.3 Å². The lowest BCUT2D eigenvalue weighted by molar-refractivity contribution is -0.128. The summed E-state index contributed by atoms with van der Waals surface area (Å²) in [5.74, 6) is 0.388. The average Bonchev–Trinajstić information content (AvgIpc) is 3.00. The molecule has 0 bridgehead atoms. The highest BCUT2D eigenvalue weighted by Gasteiger charge is 2.34. The summed E-state index contributed by atoms with van der Waals surface area (Å²) in [6.07, 6.45) is 0.257. The Morgan fingerprint density at radius 1 is 1.19 bits per heavy atom. The smallest absolute Gasteiger partial charge is 0.229 e. The molecule has 2 amide bonds. The van der Waals surface area contributed by atoms with E-state index < -0.39 is 0 Å². The molecule has 5 heteroatoms. The quantitative estimate of drug-likeness (QED) is 0.898. The van der Waals surface area contributed by atoms with Gasteiger partial charge in [-0.2, -0.15) is 0 Å². The zero-order chi connectivity index (χ0) is 18.7. The summed E-state index contributed by atoms with van der Waals surface area (Å²) in [5.41, 5.74) is 4.03. The number of methoxy groups -OCH3 is 1. The van der Waals surface area contributed by atoms with Crippen LogP contribution in [0.25, 0.3) is 0 Å². The first-order valence-corrected chi connectivity index (χ1v) is 8.75. The molecule has 1 saturated heterocycles. The van der Waals surface area contributed by atoms with Crippen LogP contribution in [-0.4, -0.2) is 30.4 Å². The van der Waals surface area contributed by atoms with Gasteiger partial charge in [0.25, 0.3) is 0 Å². The molecule has 1 N–H and O–H groups in total. The van der Waals surface area contributed by atoms with Gasteiger partial charge in [0, 0.05) is 25.2 Å². The number of anilines is 1. The fourth-order valence-corrected chi connectivity index (χ4v) is 3.17. The Morgan fingerprint density at radius 2 is 1.92 bits per heavy atom. The number of benzene rings is 2. The van der Waals surface area contributed by atoms with Crippen molar-refractivity contribution in [1.29, 1.82) is 0 Å². The lowest BCUT2D eigenvalue weighted by Gasteiger charge is -2.17. The van der Waals surface area contributed by atoms with Gasteiger partial charge in [0.15, 0.2) is 0 Å². The van der Waals surface area contributed by atoms with Crippen molar-refractivity contribution >= 4 is 17.5 Å². The summed E-state index contributed by atoms with van der Waals surface area (Å²) in [5, 5.41) is 2.98. The van der Waals surface area contributed by atoms with E-state index in [4.69, 9.17) is 4.74 Å². The predicted octanol–water partition coefficient (Wildman–Crippen LogP) is 3.30. The van der Waals surface area contributed by atoms with Crippen molar-refractivity contribution in [2.75, 3.05) is 19.0 Å². The van der Waals surface area contributed by atoms with Crippen LogP contribution in [0.3, 0.4) is 0 Å². The molecule has 1 atom stereocenters. The fourth-order valence-electron chi connectivity index (χ4n) is 3.17. The molecular weight excluding hydrogens is 328 g/mol. The third kappa shape index (κ3) is 3.87. The number of nitrogens with one attached hydrogen (secondary N) is 1. The van der Waals surface area contributed by atoms with E-state index >= 15 is 0 Å². The Balaban J connectivity index is 1.63. The number of carbonyl (C=O) groups is 2. The van der Waals surface area contributed by atoms with Gasteiger partial charge in [-0.05, 0) is 48.7 Å². The molecule has 0 saturated carbocycles. The van der Waals surface area contributed by atoms with Crippen molar-refractivity contribution in [3.05, 3.63) is 59.2 Å². The van der Waals surface area contributed by atoms with E-state index in [-0.39, 0.29) is 24.2 Å². The van der Waals surface area contributed by atoms with Gasteiger partial charge in [-0.25, -0.2) is 0 Å². The minimum Gasteiger partial charge on any atom is -0.497 e. The van der Waals surface area contributed by atoms with E-state index in [1.54, 1.807) is 12.0 Å². The molecule has 136 valence electrons. The van der Waals surface area contributed by atoms with E-state index in [9.17, 15) is 9.59 Å². The van der Waals surface area contributed by atoms with E-state index in [1.807, 2.05) is 56.3 Å².